The number of esters is 1. The molecule has 1 N–H and O–H groups in total. The number of aromatic nitrogens is 1. The smallest absolute Gasteiger partial charge is 0.337 e. The number of rotatable bonds is 1. The molecule has 1 heterocycles. The zero-order chi connectivity index (χ0) is 10.1. The highest BCUT2D eigenvalue weighted by atomic mass is 32.1. The number of methoxy groups -OCH3 is 1. The summed E-state index contributed by atoms with van der Waals surface area (Å²) in [4.78, 5) is 22.3. The predicted octanol–water partition coefficient (Wildman–Crippen LogP) is 1.38. The standard InChI is InChI=1S/C9H7NO3S/c1-13-9(12)5-2-3-6-7(4-5)14-10-8(6)11/h2-4H,1H3,(H,10,11). The summed E-state index contributed by atoms with van der Waals surface area (Å²) in [5.41, 5.74) is 0.330. The molecule has 0 saturated carbocycles. The van der Waals surface area contributed by atoms with E-state index in [2.05, 4.69) is 9.11 Å². The fraction of sp³-hybridized carbons (Fsp3) is 0.111. The van der Waals surface area contributed by atoms with Crippen LogP contribution >= 0.6 is 11.5 Å². The number of hydrogen-bond acceptors (Lipinski definition) is 4. The minimum atomic E-state index is -0.396. The summed E-state index contributed by atoms with van der Waals surface area (Å²) < 4.78 is 7.93. The van der Waals surface area contributed by atoms with Gasteiger partial charge in [0.2, 0.25) is 0 Å². The highest BCUT2D eigenvalue weighted by Gasteiger charge is 2.08. The fourth-order valence-electron chi connectivity index (χ4n) is 1.20. The summed E-state index contributed by atoms with van der Waals surface area (Å²) in [6, 6.07) is 4.84. The first-order valence-electron chi connectivity index (χ1n) is 3.92. The third kappa shape index (κ3) is 1.31. The Morgan fingerprint density at radius 1 is 1.50 bits per heavy atom. The zero-order valence-corrected chi connectivity index (χ0v) is 8.18. The predicted molar refractivity (Wildman–Crippen MR) is 53.8 cm³/mol. The number of nitrogens with one attached hydrogen (secondary N) is 1. The first-order chi connectivity index (χ1) is 6.72. The number of carbonyl (C=O) groups excluding carboxylic acids is 1. The summed E-state index contributed by atoms with van der Waals surface area (Å²) >= 11 is 1.21. The molecule has 0 bridgehead atoms. The van der Waals surface area contributed by atoms with Gasteiger partial charge in [-0.2, -0.15) is 0 Å². The Labute approximate surface area is 83.3 Å². The number of carbonyl (C=O) groups is 1. The van der Waals surface area contributed by atoms with Crippen LogP contribution in [0.25, 0.3) is 10.1 Å². The number of benzene rings is 1. The third-order valence-corrected chi connectivity index (χ3v) is 2.75. The fourth-order valence-corrected chi connectivity index (χ4v) is 1.96. The lowest BCUT2D eigenvalue weighted by Gasteiger charge is -1.97. The summed E-state index contributed by atoms with van der Waals surface area (Å²) in [5, 5.41) is 0.600. The van der Waals surface area contributed by atoms with Gasteiger partial charge >= 0.3 is 5.97 Å². The van der Waals surface area contributed by atoms with E-state index in [0.717, 1.165) is 4.70 Å². The van der Waals surface area contributed by atoms with Crippen molar-refractivity contribution in [3.05, 3.63) is 34.1 Å². The van der Waals surface area contributed by atoms with E-state index in [0.29, 0.717) is 10.9 Å². The van der Waals surface area contributed by atoms with Crippen molar-refractivity contribution in [2.45, 2.75) is 0 Å². The van der Waals surface area contributed by atoms with Crippen LogP contribution in [0.2, 0.25) is 0 Å². The minimum Gasteiger partial charge on any atom is -0.465 e. The van der Waals surface area contributed by atoms with Crippen molar-refractivity contribution >= 4 is 27.6 Å². The molecule has 72 valence electrons. The highest BCUT2D eigenvalue weighted by molar-refractivity contribution is 7.13. The second kappa shape index (κ2) is 3.26. The van der Waals surface area contributed by atoms with Gasteiger partial charge in [0.1, 0.15) is 0 Å². The van der Waals surface area contributed by atoms with Crippen LogP contribution in [0.1, 0.15) is 10.4 Å². The van der Waals surface area contributed by atoms with Crippen LogP contribution in [0, 0.1) is 0 Å². The molecule has 0 unspecified atom stereocenters. The van der Waals surface area contributed by atoms with Gasteiger partial charge in [0.25, 0.3) is 5.56 Å². The van der Waals surface area contributed by atoms with Crippen LogP contribution in [0.5, 0.6) is 0 Å². The van der Waals surface area contributed by atoms with Gasteiger partial charge in [-0.15, -0.1) is 0 Å². The summed E-state index contributed by atoms with van der Waals surface area (Å²) in [6.07, 6.45) is 0. The molecule has 0 amide bonds. The lowest BCUT2D eigenvalue weighted by atomic mass is 10.2. The molecule has 5 heteroatoms. The average Bonchev–Trinajstić information content (AvgIpc) is 2.59. The van der Waals surface area contributed by atoms with Crippen LogP contribution in [0.15, 0.2) is 23.0 Å². The van der Waals surface area contributed by atoms with Crippen LogP contribution in [-0.2, 0) is 4.74 Å². The van der Waals surface area contributed by atoms with Gasteiger partial charge in [0.05, 0.1) is 22.8 Å². The average molecular weight is 209 g/mol. The molecule has 0 aliphatic carbocycles. The van der Waals surface area contributed by atoms with Gasteiger partial charge in [-0.3, -0.25) is 9.17 Å². The molecule has 0 fully saturated rings. The second-order valence-electron chi connectivity index (χ2n) is 2.74. The van der Waals surface area contributed by atoms with Gasteiger partial charge in [-0.25, -0.2) is 4.79 Å². The molecule has 0 radical (unpaired) electrons. The van der Waals surface area contributed by atoms with Crippen molar-refractivity contribution in [1.82, 2.24) is 4.37 Å². The van der Waals surface area contributed by atoms with E-state index in [9.17, 15) is 9.59 Å². The highest BCUT2D eigenvalue weighted by Crippen LogP contribution is 2.16. The number of hydrogen-bond donors (Lipinski definition) is 1. The second-order valence-corrected chi connectivity index (χ2v) is 3.58. The molecule has 14 heavy (non-hydrogen) atoms. The minimum absolute atomic E-state index is 0.124. The molecule has 1 aromatic heterocycles. The molecular weight excluding hydrogens is 202 g/mol. The van der Waals surface area contributed by atoms with Crippen molar-refractivity contribution in [2.24, 2.45) is 0 Å². The molecule has 4 nitrogen and oxygen atoms in total. The maximum Gasteiger partial charge on any atom is 0.337 e. The molecule has 0 saturated heterocycles. The van der Waals surface area contributed by atoms with E-state index < -0.39 is 5.97 Å². The Hall–Kier alpha value is -1.62. The van der Waals surface area contributed by atoms with Gasteiger partial charge < -0.3 is 4.74 Å². The molecule has 0 spiro atoms. The van der Waals surface area contributed by atoms with E-state index in [4.69, 9.17) is 0 Å². The van der Waals surface area contributed by atoms with Crippen molar-refractivity contribution in [2.75, 3.05) is 7.11 Å². The van der Waals surface area contributed by atoms with Crippen LogP contribution in [0.4, 0.5) is 0 Å². The van der Waals surface area contributed by atoms with E-state index in [1.54, 1.807) is 18.2 Å². The first-order valence-corrected chi connectivity index (χ1v) is 4.73. The van der Waals surface area contributed by atoms with Crippen molar-refractivity contribution in [3.8, 4) is 0 Å². The largest absolute Gasteiger partial charge is 0.465 e. The van der Waals surface area contributed by atoms with Crippen molar-refractivity contribution < 1.29 is 9.53 Å². The quantitative estimate of drug-likeness (QED) is 0.722. The van der Waals surface area contributed by atoms with E-state index in [1.807, 2.05) is 0 Å². The maximum absolute atomic E-state index is 11.2. The SMILES string of the molecule is COC(=O)c1ccc2c(=O)[nH]sc2c1. The molecule has 1 aromatic carbocycles. The lowest BCUT2D eigenvalue weighted by Crippen LogP contribution is -2.01. The molecule has 2 aromatic rings. The summed E-state index contributed by atoms with van der Waals surface area (Å²) in [6.45, 7) is 0. The molecule has 0 atom stereocenters. The van der Waals surface area contributed by atoms with Crippen LogP contribution in [0.3, 0.4) is 0 Å². The Balaban J connectivity index is 2.63. The van der Waals surface area contributed by atoms with Gasteiger partial charge in [0, 0.05) is 0 Å². The monoisotopic (exact) mass is 209 g/mol. The topological polar surface area (TPSA) is 59.2 Å². The summed E-state index contributed by atoms with van der Waals surface area (Å²) in [7, 11) is 1.33. The molecule has 2 rings (SSSR count). The third-order valence-electron chi connectivity index (χ3n) is 1.90. The lowest BCUT2D eigenvalue weighted by molar-refractivity contribution is 0.0601. The first kappa shape index (κ1) is 8.96. The van der Waals surface area contributed by atoms with Gasteiger partial charge in [0.15, 0.2) is 0 Å². The molecule has 0 aliphatic rings. The number of H-pyrrole nitrogens is 1. The van der Waals surface area contributed by atoms with Crippen molar-refractivity contribution in [3.63, 3.8) is 0 Å². The van der Waals surface area contributed by atoms with Crippen molar-refractivity contribution in [1.29, 1.82) is 0 Å². The number of aromatic amines is 1. The Bertz CT molecular complexity index is 540. The number of fused-ring (bicyclic) bond motifs is 1. The van der Waals surface area contributed by atoms with Gasteiger partial charge in [-0.1, -0.05) is 11.5 Å². The van der Waals surface area contributed by atoms with Gasteiger partial charge in [-0.05, 0) is 18.2 Å². The van der Waals surface area contributed by atoms with E-state index in [1.165, 1.54) is 18.6 Å². The Morgan fingerprint density at radius 2 is 2.29 bits per heavy atom. The zero-order valence-electron chi connectivity index (χ0n) is 7.37. The Morgan fingerprint density at radius 3 is 3.00 bits per heavy atom. The van der Waals surface area contributed by atoms with E-state index >= 15 is 0 Å². The Kier molecular flexibility index (Phi) is 2.09. The summed E-state index contributed by atoms with van der Waals surface area (Å²) in [5.74, 6) is -0.396. The van der Waals surface area contributed by atoms with Crippen LogP contribution < -0.4 is 5.56 Å². The maximum atomic E-state index is 11.2. The molecule has 0 aliphatic heterocycles. The van der Waals surface area contributed by atoms with Crippen LogP contribution in [-0.4, -0.2) is 17.5 Å². The van der Waals surface area contributed by atoms with E-state index in [-0.39, 0.29) is 5.56 Å². The normalized spacial score (nSPS) is 10.4. The number of ether oxygens (including phenoxy) is 1. The molecular formula is C9H7NO3S.